The highest BCUT2D eigenvalue weighted by Crippen LogP contribution is 2.21. The highest BCUT2D eigenvalue weighted by molar-refractivity contribution is 14.1. The van der Waals surface area contributed by atoms with Gasteiger partial charge in [-0.05, 0) is 53.1 Å². The zero-order valence-electron chi connectivity index (χ0n) is 12.3. The summed E-state index contributed by atoms with van der Waals surface area (Å²) in [5.74, 6) is 1.85. The van der Waals surface area contributed by atoms with Gasteiger partial charge in [0.25, 0.3) is 0 Å². The molecule has 2 rings (SSSR count). The van der Waals surface area contributed by atoms with Crippen molar-refractivity contribution in [2.45, 2.75) is 33.1 Å². The summed E-state index contributed by atoms with van der Waals surface area (Å²) in [5, 5.41) is 3.41. The minimum absolute atomic E-state index is 0.762. The van der Waals surface area contributed by atoms with Gasteiger partial charge >= 0.3 is 0 Å². The van der Waals surface area contributed by atoms with E-state index in [1.54, 1.807) is 0 Å². The second-order valence-electron chi connectivity index (χ2n) is 4.83. The van der Waals surface area contributed by atoms with E-state index in [2.05, 4.69) is 82.0 Å². The van der Waals surface area contributed by atoms with E-state index >= 15 is 0 Å². The standard InChI is InChI=1S/C16H19BrIN3/c1-3-9-19-16-15(18)13(4-2)20-14(21-16)10-11-5-7-12(17)8-6-11/h5-8H,3-4,9-10H2,1-2H3,(H,19,20,21). The summed E-state index contributed by atoms with van der Waals surface area (Å²) in [5.41, 5.74) is 2.35. The molecule has 0 spiro atoms. The summed E-state index contributed by atoms with van der Waals surface area (Å²) in [6.07, 6.45) is 2.77. The molecule has 5 heteroatoms. The van der Waals surface area contributed by atoms with Gasteiger partial charge < -0.3 is 5.32 Å². The Morgan fingerprint density at radius 1 is 1.14 bits per heavy atom. The van der Waals surface area contributed by atoms with Crippen LogP contribution >= 0.6 is 38.5 Å². The molecule has 0 saturated carbocycles. The zero-order valence-corrected chi connectivity index (χ0v) is 16.0. The summed E-state index contributed by atoms with van der Waals surface area (Å²) < 4.78 is 2.23. The lowest BCUT2D eigenvalue weighted by molar-refractivity contribution is 0.882. The summed E-state index contributed by atoms with van der Waals surface area (Å²) in [6, 6.07) is 8.32. The fourth-order valence-corrected chi connectivity index (χ4v) is 3.08. The third-order valence-electron chi connectivity index (χ3n) is 3.12. The molecular formula is C16H19BrIN3. The van der Waals surface area contributed by atoms with Crippen molar-refractivity contribution in [1.29, 1.82) is 0 Å². The molecule has 0 radical (unpaired) electrons. The first kappa shape index (κ1) is 16.7. The third-order valence-corrected chi connectivity index (χ3v) is 4.78. The number of nitrogens with one attached hydrogen (secondary N) is 1. The van der Waals surface area contributed by atoms with Gasteiger partial charge in [0.1, 0.15) is 11.6 Å². The Morgan fingerprint density at radius 3 is 2.48 bits per heavy atom. The molecule has 2 aromatic rings. The van der Waals surface area contributed by atoms with Crippen LogP contribution in [0.4, 0.5) is 5.82 Å². The third kappa shape index (κ3) is 4.64. The van der Waals surface area contributed by atoms with E-state index in [4.69, 9.17) is 9.97 Å². The lowest BCUT2D eigenvalue weighted by Gasteiger charge is -2.12. The number of hydrogen-bond acceptors (Lipinski definition) is 3. The topological polar surface area (TPSA) is 37.8 Å². The Hall–Kier alpha value is -0.690. The van der Waals surface area contributed by atoms with Gasteiger partial charge in [-0.25, -0.2) is 9.97 Å². The average Bonchev–Trinajstić information content (AvgIpc) is 2.49. The molecule has 112 valence electrons. The van der Waals surface area contributed by atoms with E-state index in [1.807, 2.05) is 0 Å². The fourth-order valence-electron chi connectivity index (χ4n) is 2.00. The number of anilines is 1. The van der Waals surface area contributed by atoms with E-state index in [9.17, 15) is 0 Å². The largest absolute Gasteiger partial charge is 0.369 e. The van der Waals surface area contributed by atoms with Crippen LogP contribution in [0.5, 0.6) is 0 Å². The molecule has 0 aliphatic heterocycles. The smallest absolute Gasteiger partial charge is 0.143 e. The van der Waals surface area contributed by atoms with Crippen molar-refractivity contribution in [3.63, 3.8) is 0 Å². The molecule has 1 aromatic carbocycles. The number of aryl methyl sites for hydroxylation is 1. The van der Waals surface area contributed by atoms with Gasteiger partial charge in [0, 0.05) is 17.4 Å². The monoisotopic (exact) mass is 459 g/mol. The predicted octanol–water partition coefficient (Wildman–Crippen LogP) is 4.82. The number of hydrogen-bond donors (Lipinski definition) is 1. The summed E-state index contributed by atoms with van der Waals surface area (Å²) in [7, 11) is 0. The molecule has 0 atom stereocenters. The second-order valence-corrected chi connectivity index (χ2v) is 6.83. The lowest BCUT2D eigenvalue weighted by Crippen LogP contribution is -2.10. The first-order valence-corrected chi connectivity index (χ1v) is 9.04. The van der Waals surface area contributed by atoms with Crippen LogP contribution in [-0.4, -0.2) is 16.5 Å². The molecule has 1 N–H and O–H groups in total. The van der Waals surface area contributed by atoms with Crippen LogP contribution in [0.15, 0.2) is 28.7 Å². The normalized spacial score (nSPS) is 10.7. The SMILES string of the molecule is CCCNc1nc(Cc2ccc(Br)cc2)nc(CC)c1I. The van der Waals surface area contributed by atoms with Gasteiger partial charge in [-0.15, -0.1) is 0 Å². The second kappa shape index (κ2) is 8.08. The Labute approximate surface area is 148 Å². The van der Waals surface area contributed by atoms with Crippen molar-refractivity contribution < 1.29 is 0 Å². The average molecular weight is 460 g/mol. The van der Waals surface area contributed by atoms with Crippen molar-refractivity contribution in [3.05, 3.63) is 49.4 Å². The van der Waals surface area contributed by atoms with Crippen LogP contribution in [0.2, 0.25) is 0 Å². The van der Waals surface area contributed by atoms with Gasteiger partial charge in [-0.3, -0.25) is 0 Å². The van der Waals surface area contributed by atoms with E-state index < -0.39 is 0 Å². The molecule has 0 bridgehead atoms. The van der Waals surface area contributed by atoms with Crippen LogP contribution < -0.4 is 5.32 Å². The fraction of sp³-hybridized carbons (Fsp3) is 0.375. The summed E-state index contributed by atoms with van der Waals surface area (Å²) in [4.78, 5) is 9.40. The minimum Gasteiger partial charge on any atom is -0.369 e. The molecule has 3 nitrogen and oxygen atoms in total. The molecule has 0 aliphatic carbocycles. The van der Waals surface area contributed by atoms with E-state index in [1.165, 1.54) is 5.56 Å². The van der Waals surface area contributed by atoms with Gasteiger partial charge in [0.2, 0.25) is 0 Å². The Kier molecular flexibility index (Phi) is 6.41. The number of benzene rings is 1. The van der Waals surface area contributed by atoms with Gasteiger partial charge in [-0.1, -0.05) is 41.9 Å². The molecule has 1 heterocycles. The lowest BCUT2D eigenvalue weighted by atomic mass is 10.1. The van der Waals surface area contributed by atoms with Gasteiger partial charge in [-0.2, -0.15) is 0 Å². The number of rotatable bonds is 6. The Balaban J connectivity index is 2.27. The quantitative estimate of drug-likeness (QED) is 0.629. The number of aromatic nitrogens is 2. The van der Waals surface area contributed by atoms with E-state index in [-0.39, 0.29) is 0 Å². The molecule has 0 saturated heterocycles. The zero-order chi connectivity index (χ0) is 15.2. The number of nitrogens with zero attached hydrogens (tertiary/aromatic N) is 2. The van der Waals surface area contributed by atoms with E-state index in [0.717, 1.165) is 51.2 Å². The highest BCUT2D eigenvalue weighted by Gasteiger charge is 2.11. The molecule has 0 amide bonds. The molecule has 21 heavy (non-hydrogen) atoms. The van der Waals surface area contributed by atoms with Crippen LogP contribution in [0.1, 0.15) is 37.4 Å². The van der Waals surface area contributed by atoms with Gasteiger partial charge in [0.15, 0.2) is 0 Å². The van der Waals surface area contributed by atoms with Crippen LogP contribution in [0.25, 0.3) is 0 Å². The first-order chi connectivity index (χ1) is 10.1. The van der Waals surface area contributed by atoms with Crippen LogP contribution in [0, 0.1) is 3.57 Å². The first-order valence-electron chi connectivity index (χ1n) is 7.17. The van der Waals surface area contributed by atoms with Crippen LogP contribution in [-0.2, 0) is 12.8 Å². The van der Waals surface area contributed by atoms with Crippen LogP contribution in [0.3, 0.4) is 0 Å². The highest BCUT2D eigenvalue weighted by atomic mass is 127. The molecule has 0 fully saturated rings. The van der Waals surface area contributed by atoms with Gasteiger partial charge in [0.05, 0.1) is 9.26 Å². The van der Waals surface area contributed by atoms with E-state index in [0.29, 0.717) is 0 Å². The Bertz CT molecular complexity index is 599. The molecule has 1 aromatic heterocycles. The summed E-state index contributed by atoms with van der Waals surface area (Å²) >= 11 is 5.80. The maximum absolute atomic E-state index is 4.71. The van der Waals surface area contributed by atoms with Crippen molar-refractivity contribution in [1.82, 2.24) is 9.97 Å². The predicted molar refractivity (Wildman–Crippen MR) is 99.9 cm³/mol. The van der Waals surface area contributed by atoms with Crippen molar-refractivity contribution in [2.75, 3.05) is 11.9 Å². The Morgan fingerprint density at radius 2 is 1.86 bits per heavy atom. The molecule has 0 aliphatic rings. The maximum atomic E-state index is 4.71. The molecule has 0 unspecified atom stereocenters. The van der Waals surface area contributed by atoms with Crippen molar-refractivity contribution in [2.24, 2.45) is 0 Å². The van der Waals surface area contributed by atoms with Crippen molar-refractivity contribution in [3.8, 4) is 0 Å². The maximum Gasteiger partial charge on any atom is 0.143 e. The molecular weight excluding hydrogens is 441 g/mol. The minimum atomic E-state index is 0.762. The summed E-state index contributed by atoms with van der Waals surface area (Å²) in [6.45, 7) is 5.23. The number of halogens is 2. The van der Waals surface area contributed by atoms with Crippen molar-refractivity contribution >= 4 is 44.3 Å².